The van der Waals surface area contributed by atoms with E-state index in [9.17, 15) is 18.5 Å². The van der Waals surface area contributed by atoms with Gasteiger partial charge in [-0.2, -0.15) is 0 Å². The summed E-state index contributed by atoms with van der Waals surface area (Å²) in [5.74, 6) is 0. The Labute approximate surface area is 135 Å². The molecule has 0 bridgehead atoms. The van der Waals surface area contributed by atoms with E-state index in [1.807, 2.05) is 0 Å². The van der Waals surface area contributed by atoms with Gasteiger partial charge in [0.25, 0.3) is 15.7 Å². The molecule has 2 aromatic carbocycles. The second-order valence-electron chi connectivity index (χ2n) is 5.39. The molecule has 0 heterocycles. The molecule has 7 heteroatoms. The first-order valence-corrected chi connectivity index (χ1v) is 8.54. The lowest BCUT2D eigenvalue weighted by Crippen LogP contribution is -2.37. The lowest BCUT2D eigenvalue weighted by Gasteiger charge is -2.28. The third-order valence-electron chi connectivity index (χ3n) is 3.47. The monoisotopic (exact) mass is 334 g/mol. The summed E-state index contributed by atoms with van der Waals surface area (Å²) in [5.41, 5.74) is 0.454. The van der Waals surface area contributed by atoms with Crippen LogP contribution in [-0.2, 0) is 10.0 Å². The number of nitro benzene ring substituents is 1. The maximum atomic E-state index is 13.1. The van der Waals surface area contributed by atoms with E-state index in [-0.39, 0.29) is 22.2 Å². The molecule has 0 aliphatic carbocycles. The maximum Gasteiger partial charge on any atom is 0.273 e. The van der Waals surface area contributed by atoms with Crippen molar-refractivity contribution in [1.82, 2.24) is 0 Å². The number of nitro groups is 1. The minimum atomic E-state index is -3.91. The summed E-state index contributed by atoms with van der Waals surface area (Å²) in [6.07, 6.45) is 0. The fourth-order valence-corrected chi connectivity index (χ4v) is 4.38. The van der Waals surface area contributed by atoms with E-state index in [0.29, 0.717) is 5.69 Å². The Kier molecular flexibility index (Phi) is 4.70. The zero-order valence-corrected chi connectivity index (χ0v) is 13.9. The van der Waals surface area contributed by atoms with Crippen molar-refractivity contribution in [3.63, 3.8) is 0 Å². The lowest BCUT2D eigenvalue weighted by molar-refractivity contribution is -0.385. The van der Waals surface area contributed by atoms with Gasteiger partial charge in [0, 0.05) is 17.7 Å². The highest BCUT2D eigenvalue weighted by molar-refractivity contribution is 7.93. The van der Waals surface area contributed by atoms with Crippen molar-refractivity contribution in [2.45, 2.75) is 31.7 Å². The molecule has 0 saturated heterocycles. The van der Waals surface area contributed by atoms with Gasteiger partial charge < -0.3 is 0 Å². The van der Waals surface area contributed by atoms with Crippen LogP contribution in [-0.4, -0.2) is 19.4 Å². The molecular formula is C16H18N2O4S. The Morgan fingerprint density at radius 1 is 1.04 bits per heavy atom. The first-order chi connectivity index (χ1) is 10.8. The van der Waals surface area contributed by atoms with E-state index in [1.54, 1.807) is 44.2 Å². The number of sulfonamides is 1. The second-order valence-corrected chi connectivity index (χ2v) is 7.17. The Balaban J connectivity index is 2.65. The van der Waals surface area contributed by atoms with Crippen LogP contribution in [0, 0.1) is 17.0 Å². The van der Waals surface area contributed by atoms with Crippen molar-refractivity contribution in [2.75, 3.05) is 4.31 Å². The first-order valence-electron chi connectivity index (χ1n) is 7.10. The summed E-state index contributed by atoms with van der Waals surface area (Å²) >= 11 is 0. The molecule has 0 N–H and O–H groups in total. The van der Waals surface area contributed by atoms with Crippen LogP contribution in [0.5, 0.6) is 0 Å². The first kappa shape index (κ1) is 17.0. The number of benzene rings is 2. The van der Waals surface area contributed by atoms with Gasteiger partial charge in [-0.25, -0.2) is 8.42 Å². The predicted octanol–water partition coefficient (Wildman–Crippen LogP) is 3.51. The van der Waals surface area contributed by atoms with E-state index in [1.165, 1.54) is 29.4 Å². The Morgan fingerprint density at radius 2 is 1.65 bits per heavy atom. The summed E-state index contributed by atoms with van der Waals surface area (Å²) in [6.45, 7) is 4.98. The highest BCUT2D eigenvalue weighted by atomic mass is 32.2. The van der Waals surface area contributed by atoms with E-state index in [2.05, 4.69) is 0 Å². The Bertz CT molecular complexity index is 817. The molecule has 122 valence electrons. The Morgan fingerprint density at radius 3 is 2.17 bits per heavy atom. The van der Waals surface area contributed by atoms with Gasteiger partial charge in [-0.1, -0.05) is 24.3 Å². The smallest absolute Gasteiger partial charge is 0.264 e. The number of anilines is 1. The lowest BCUT2D eigenvalue weighted by atomic mass is 10.2. The highest BCUT2D eigenvalue weighted by Crippen LogP contribution is 2.31. The number of para-hydroxylation sites is 1. The maximum absolute atomic E-state index is 13.1. The molecule has 6 nitrogen and oxygen atoms in total. The minimum Gasteiger partial charge on any atom is -0.264 e. The summed E-state index contributed by atoms with van der Waals surface area (Å²) < 4.78 is 27.4. The van der Waals surface area contributed by atoms with Gasteiger partial charge in [0.15, 0.2) is 0 Å². The zero-order chi connectivity index (χ0) is 17.2. The van der Waals surface area contributed by atoms with Gasteiger partial charge in [0.1, 0.15) is 0 Å². The topological polar surface area (TPSA) is 80.5 Å². The van der Waals surface area contributed by atoms with E-state index < -0.39 is 14.9 Å². The van der Waals surface area contributed by atoms with Gasteiger partial charge in [-0.3, -0.25) is 14.4 Å². The summed E-state index contributed by atoms with van der Waals surface area (Å²) in [7, 11) is -3.91. The van der Waals surface area contributed by atoms with E-state index >= 15 is 0 Å². The fourth-order valence-electron chi connectivity index (χ4n) is 2.48. The van der Waals surface area contributed by atoms with E-state index in [4.69, 9.17) is 0 Å². The molecular weight excluding hydrogens is 316 g/mol. The molecule has 0 unspecified atom stereocenters. The number of hydrogen-bond donors (Lipinski definition) is 0. The molecule has 0 spiro atoms. The molecule has 0 aliphatic rings. The van der Waals surface area contributed by atoms with Crippen LogP contribution in [0.1, 0.15) is 19.4 Å². The molecule has 2 aromatic rings. The molecule has 0 saturated carbocycles. The molecule has 23 heavy (non-hydrogen) atoms. The quantitative estimate of drug-likeness (QED) is 0.619. The molecule has 0 fully saturated rings. The molecule has 2 rings (SSSR count). The van der Waals surface area contributed by atoms with Crippen LogP contribution in [0.25, 0.3) is 0 Å². The number of hydrogen-bond acceptors (Lipinski definition) is 4. The van der Waals surface area contributed by atoms with Crippen LogP contribution in [0.2, 0.25) is 0 Å². The third kappa shape index (κ3) is 3.19. The standard InChI is InChI=1S/C16H18N2O4S/c1-12(2)17(14-8-5-4-6-9-14)23(21,22)16-11-7-10-15(13(16)3)18(19)20/h4-12H,1-3H3. The molecule has 0 aliphatic heterocycles. The summed E-state index contributed by atoms with van der Waals surface area (Å²) in [6, 6.07) is 12.5. The van der Waals surface area contributed by atoms with Gasteiger partial charge >= 0.3 is 0 Å². The number of nitrogens with zero attached hydrogens (tertiary/aromatic N) is 2. The van der Waals surface area contributed by atoms with Gasteiger partial charge in [-0.05, 0) is 39.0 Å². The average molecular weight is 334 g/mol. The minimum absolute atomic E-state index is 0.0516. The molecule has 0 radical (unpaired) electrons. The van der Waals surface area contributed by atoms with Gasteiger partial charge in [0.05, 0.1) is 15.5 Å². The van der Waals surface area contributed by atoms with E-state index in [0.717, 1.165) is 0 Å². The predicted molar refractivity (Wildman–Crippen MR) is 89.1 cm³/mol. The second kappa shape index (κ2) is 6.37. The Hall–Kier alpha value is -2.41. The van der Waals surface area contributed by atoms with Crippen LogP contribution in [0.15, 0.2) is 53.4 Å². The van der Waals surface area contributed by atoms with Crippen LogP contribution >= 0.6 is 0 Å². The normalized spacial score (nSPS) is 11.5. The summed E-state index contributed by atoms with van der Waals surface area (Å²) in [4.78, 5) is 10.4. The molecule has 0 atom stereocenters. The summed E-state index contributed by atoms with van der Waals surface area (Å²) in [5, 5.41) is 11.1. The molecule has 0 amide bonds. The van der Waals surface area contributed by atoms with Crippen molar-refractivity contribution in [2.24, 2.45) is 0 Å². The van der Waals surface area contributed by atoms with Gasteiger partial charge in [-0.15, -0.1) is 0 Å². The largest absolute Gasteiger partial charge is 0.273 e. The van der Waals surface area contributed by atoms with Crippen molar-refractivity contribution in [3.05, 3.63) is 64.2 Å². The highest BCUT2D eigenvalue weighted by Gasteiger charge is 2.31. The SMILES string of the molecule is Cc1c([N+](=O)[O-])cccc1S(=O)(=O)N(c1ccccc1)C(C)C. The van der Waals surface area contributed by atoms with Crippen molar-refractivity contribution >= 4 is 21.4 Å². The average Bonchev–Trinajstić information content (AvgIpc) is 2.47. The zero-order valence-electron chi connectivity index (χ0n) is 13.1. The number of rotatable bonds is 5. The van der Waals surface area contributed by atoms with Crippen LogP contribution < -0.4 is 4.31 Å². The molecule has 0 aromatic heterocycles. The third-order valence-corrected chi connectivity index (χ3v) is 5.62. The van der Waals surface area contributed by atoms with Crippen LogP contribution in [0.3, 0.4) is 0 Å². The fraction of sp³-hybridized carbons (Fsp3) is 0.250. The van der Waals surface area contributed by atoms with Crippen molar-refractivity contribution < 1.29 is 13.3 Å². The van der Waals surface area contributed by atoms with Gasteiger partial charge in [0.2, 0.25) is 0 Å². The van der Waals surface area contributed by atoms with Crippen molar-refractivity contribution in [3.8, 4) is 0 Å². The van der Waals surface area contributed by atoms with Crippen LogP contribution in [0.4, 0.5) is 11.4 Å². The van der Waals surface area contributed by atoms with Crippen molar-refractivity contribution in [1.29, 1.82) is 0 Å².